The Morgan fingerprint density at radius 1 is 1.29 bits per heavy atom. The first-order valence-corrected chi connectivity index (χ1v) is 6.68. The lowest BCUT2D eigenvalue weighted by atomic mass is 10.1. The third kappa shape index (κ3) is 2.60. The molecule has 0 amide bonds. The van der Waals surface area contributed by atoms with Gasteiger partial charge in [0.05, 0.1) is 12.2 Å². The van der Waals surface area contributed by atoms with Gasteiger partial charge in [-0.1, -0.05) is 35.0 Å². The van der Waals surface area contributed by atoms with Crippen LogP contribution in [0.3, 0.4) is 0 Å². The number of hydrogen-bond acceptors (Lipinski definition) is 1. The average molecular weight is 293 g/mol. The minimum Gasteiger partial charge on any atom is -0.265 e. The summed E-state index contributed by atoms with van der Waals surface area (Å²) in [5.41, 5.74) is 5.08. The Morgan fingerprint density at radius 3 is 2.65 bits per heavy atom. The van der Waals surface area contributed by atoms with Gasteiger partial charge in [-0.25, -0.2) is 0 Å². The Labute approximate surface area is 111 Å². The van der Waals surface area contributed by atoms with Gasteiger partial charge in [-0.05, 0) is 43.5 Å². The molecule has 0 bridgehead atoms. The molecular weight excluding hydrogens is 276 g/mol. The van der Waals surface area contributed by atoms with Gasteiger partial charge in [-0.15, -0.1) is 0 Å². The topological polar surface area (TPSA) is 17.8 Å². The molecule has 0 unspecified atom stereocenters. The summed E-state index contributed by atoms with van der Waals surface area (Å²) in [5, 5.41) is 4.61. The van der Waals surface area contributed by atoms with E-state index in [2.05, 4.69) is 64.7 Å². The van der Waals surface area contributed by atoms with E-state index in [1.165, 1.54) is 16.8 Å². The van der Waals surface area contributed by atoms with Crippen molar-refractivity contribution in [1.29, 1.82) is 0 Å². The lowest BCUT2D eigenvalue weighted by molar-refractivity contribution is 0.658. The maximum Gasteiger partial charge on any atom is 0.0663 e. The van der Waals surface area contributed by atoms with E-state index in [9.17, 15) is 0 Å². The van der Waals surface area contributed by atoms with Gasteiger partial charge >= 0.3 is 0 Å². The standard InChI is InChI=1S/C14H17BrN2/c1-4-14-10(2)16-17(11(14)3)9-12-6-5-7-13(15)8-12/h5-8H,4,9H2,1-3H3. The van der Waals surface area contributed by atoms with Crippen LogP contribution >= 0.6 is 15.9 Å². The van der Waals surface area contributed by atoms with Crippen molar-refractivity contribution >= 4 is 15.9 Å². The van der Waals surface area contributed by atoms with E-state index in [0.717, 1.165) is 23.1 Å². The van der Waals surface area contributed by atoms with Crippen LogP contribution in [0.25, 0.3) is 0 Å². The largest absolute Gasteiger partial charge is 0.265 e. The second-order valence-corrected chi connectivity index (χ2v) is 5.21. The second kappa shape index (κ2) is 5.05. The molecule has 1 heterocycles. The molecule has 0 saturated carbocycles. The first-order valence-electron chi connectivity index (χ1n) is 5.89. The number of nitrogens with zero attached hydrogens (tertiary/aromatic N) is 2. The Hall–Kier alpha value is -1.09. The molecule has 2 rings (SSSR count). The molecule has 1 aromatic heterocycles. The molecule has 0 N–H and O–H groups in total. The van der Waals surface area contributed by atoms with E-state index in [1.807, 2.05) is 6.07 Å². The zero-order valence-electron chi connectivity index (χ0n) is 10.5. The molecule has 0 aliphatic rings. The third-order valence-corrected chi connectivity index (χ3v) is 3.60. The van der Waals surface area contributed by atoms with Crippen LogP contribution in [0.2, 0.25) is 0 Å². The van der Waals surface area contributed by atoms with Crippen LogP contribution < -0.4 is 0 Å². The van der Waals surface area contributed by atoms with Gasteiger partial charge in [0.15, 0.2) is 0 Å². The van der Waals surface area contributed by atoms with Crippen molar-refractivity contribution in [3.8, 4) is 0 Å². The van der Waals surface area contributed by atoms with Crippen molar-refractivity contribution in [1.82, 2.24) is 9.78 Å². The van der Waals surface area contributed by atoms with Crippen LogP contribution in [0.15, 0.2) is 28.7 Å². The lowest BCUT2D eigenvalue weighted by Gasteiger charge is -2.05. The van der Waals surface area contributed by atoms with E-state index < -0.39 is 0 Å². The fraction of sp³-hybridized carbons (Fsp3) is 0.357. The van der Waals surface area contributed by atoms with Crippen LogP contribution in [-0.4, -0.2) is 9.78 Å². The molecule has 0 saturated heterocycles. The summed E-state index contributed by atoms with van der Waals surface area (Å²) in [4.78, 5) is 0. The quantitative estimate of drug-likeness (QED) is 0.840. The van der Waals surface area contributed by atoms with Gasteiger partial charge in [0.1, 0.15) is 0 Å². The molecule has 17 heavy (non-hydrogen) atoms. The van der Waals surface area contributed by atoms with E-state index in [0.29, 0.717) is 0 Å². The van der Waals surface area contributed by atoms with Crippen molar-refractivity contribution in [2.24, 2.45) is 0 Å². The van der Waals surface area contributed by atoms with Gasteiger partial charge in [-0.3, -0.25) is 4.68 Å². The minimum atomic E-state index is 0.839. The molecule has 0 radical (unpaired) electrons. The highest BCUT2D eigenvalue weighted by molar-refractivity contribution is 9.10. The summed E-state index contributed by atoms with van der Waals surface area (Å²) < 4.78 is 3.21. The summed E-state index contributed by atoms with van der Waals surface area (Å²) >= 11 is 3.50. The van der Waals surface area contributed by atoms with Crippen LogP contribution in [0.1, 0.15) is 29.4 Å². The maximum absolute atomic E-state index is 4.61. The number of aromatic nitrogens is 2. The van der Waals surface area contributed by atoms with Crippen LogP contribution in [0.4, 0.5) is 0 Å². The molecule has 0 spiro atoms. The Kier molecular flexibility index (Phi) is 3.67. The molecule has 1 aromatic carbocycles. The second-order valence-electron chi connectivity index (χ2n) is 4.29. The summed E-state index contributed by atoms with van der Waals surface area (Å²) in [7, 11) is 0. The minimum absolute atomic E-state index is 0.839. The zero-order chi connectivity index (χ0) is 12.4. The normalized spacial score (nSPS) is 10.8. The average Bonchev–Trinajstić information content (AvgIpc) is 2.54. The first-order chi connectivity index (χ1) is 8.11. The Balaban J connectivity index is 2.30. The van der Waals surface area contributed by atoms with Crippen LogP contribution in [-0.2, 0) is 13.0 Å². The summed E-state index contributed by atoms with van der Waals surface area (Å²) in [6, 6.07) is 8.38. The molecular formula is C14H17BrN2. The lowest BCUT2D eigenvalue weighted by Crippen LogP contribution is -2.04. The maximum atomic E-state index is 4.61. The predicted molar refractivity (Wildman–Crippen MR) is 74.3 cm³/mol. The molecule has 0 fully saturated rings. The van der Waals surface area contributed by atoms with Crippen molar-refractivity contribution < 1.29 is 0 Å². The Morgan fingerprint density at radius 2 is 2.06 bits per heavy atom. The highest BCUT2D eigenvalue weighted by atomic mass is 79.9. The fourth-order valence-electron chi connectivity index (χ4n) is 2.21. The molecule has 0 aliphatic heterocycles. The van der Waals surface area contributed by atoms with E-state index in [4.69, 9.17) is 0 Å². The summed E-state index contributed by atoms with van der Waals surface area (Å²) in [6.07, 6.45) is 1.05. The van der Waals surface area contributed by atoms with Crippen molar-refractivity contribution in [3.63, 3.8) is 0 Å². The van der Waals surface area contributed by atoms with Gasteiger partial charge in [0, 0.05) is 10.2 Å². The number of aryl methyl sites for hydroxylation is 1. The van der Waals surface area contributed by atoms with Crippen LogP contribution in [0.5, 0.6) is 0 Å². The van der Waals surface area contributed by atoms with E-state index in [-0.39, 0.29) is 0 Å². The number of halogens is 1. The number of benzene rings is 1. The molecule has 3 heteroatoms. The summed E-state index contributed by atoms with van der Waals surface area (Å²) in [5.74, 6) is 0. The molecule has 0 aliphatic carbocycles. The van der Waals surface area contributed by atoms with E-state index in [1.54, 1.807) is 0 Å². The third-order valence-electron chi connectivity index (χ3n) is 3.11. The molecule has 2 aromatic rings. The van der Waals surface area contributed by atoms with Gasteiger partial charge < -0.3 is 0 Å². The van der Waals surface area contributed by atoms with Gasteiger partial charge in [0.2, 0.25) is 0 Å². The fourth-order valence-corrected chi connectivity index (χ4v) is 2.65. The molecule has 2 nitrogen and oxygen atoms in total. The summed E-state index contributed by atoms with van der Waals surface area (Å²) in [6.45, 7) is 7.26. The monoisotopic (exact) mass is 292 g/mol. The highest BCUT2D eigenvalue weighted by Gasteiger charge is 2.09. The van der Waals surface area contributed by atoms with Gasteiger partial charge in [0.25, 0.3) is 0 Å². The molecule has 0 atom stereocenters. The van der Waals surface area contributed by atoms with Gasteiger partial charge in [-0.2, -0.15) is 5.10 Å². The smallest absolute Gasteiger partial charge is 0.0663 e. The SMILES string of the molecule is CCc1c(C)nn(Cc2cccc(Br)c2)c1C. The van der Waals surface area contributed by atoms with Crippen molar-refractivity contribution in [2.75, 3.05) is 0 Å². The van der Waals surface area contributed by atoms with E-state index >= 15 is 0 Å². The number of hydrogen-bond donors (Lipinski definition) is 0. The first kappa shape index (κ1) is 12.4. The van der Waals surface area contributed by atoms with Crippen LogP contribution in [0, 0.1) is 13.8 Å². The van der Waals surface area contributed by atoms with Crippen molar-refractivity contribution in [2.45, 2.75) is 33.7 Å². The molecule has 90 valence electrons. The predicted octanol–water partition coefficient (Wildman–Crippen LogP) is 3.87. The highest BCUT2D eigenvalue weighted by Crippen LogP contribution is 2.17. The zero-order valence-corrected chi connectivity index (χ0v) is 12.1. The Bertz CT molecular complexity index is 529. The number of rotatable bonds is 3. The van der Waals surface area contributed by atoms with Crippen molar-refractivity contribution in [3.05, 3.63) is 51.3 Å².